The molecule has 2 aromatic rings. The number of carbonyl (C=O) groups is 1. The molecule has 2 rings (SSSR count). The van der Waals surface area contributed by atoms with Crippen LogP contribution in [0.3, 0.4) is 0 Å². The van der Waals surface area contributed by atoms with Crippen LogP contribution in [0.5, 0.6) is 0 Å². The molecular weight excluding hydrogens is 340 g/mol. The molecule has 2 aromatic carbocycles. The zero-order chi connectivity index (χ0) is 15.4. The summed E-state index contributed by atoms with van der Waals surface area (Å²) in [6.45, 7) is 1.49. The molecule has 0 aliphatic carbocycles. The predicted octanol–water partition coefficient (Wildman–Crippen LogP) is 4.46. The third-order valence-electron chi connectivity index (χ3n) is 3.11. The van der Waals surface area contributed by atoms with Crippen molar-refractivity contribution in [2.75, 3.05) is 10.6 Å². The Morgan fingerprint density at radius 3 is 2.43 bits per heavy atom. The van der Waals surface area contributed by atoms with Crippen molar-refractivity contribution in [3.05, 3.63) is 64.7 Å². The molecule has 2 nitrogen and oxygen atoms in total. The Bertz CT molecular complexity index is 656. The molecule has 1 amide bonds. The molecule has 5 heteroatoms. The number of anilines is 1. The summed E-state index contributed by atoms with van der Waals surface area (Å²) in [6, 6.07) is 9.53. The third kappa shape index (κ3) is 3.67. The van der Waals surface area contributed by atoms with Gasteiger partial charge in [-0.2, -0.15) is 0 Å². The van der Waals surface area contributed by atoms with Gasteiger partial charge in [-0.25, -0.2) is 8.78 Å². The van der Waals surface area contributed by atoms with Crippen LogP contribution in [0.2, 0.25) is 0 Å². The monoisotopic (exact) mass is 353 g/mol. The number of nitrogens with one attached hydrogen (secondary N) is 1. The summed E-state index contributed by atoms with van der Waals surface area (Å²) < 4.78 is 27.5. The number of amides is 1. The Morgan fingerprint density at radius 2 is 1.81 bits per heavy atom. The van der Waals surface area contributed by atoms with Gasteiger partial charge >= 0.3 is 0 Å². The first-order valence-electron chi connectivity index (χ1n) is 6.43. The Labute approximate surface area is 130 Å². The van der Waals surface area contributed by atoms with Crippen LogP contribution in [0.4, 0.5) is 14.5 Å². The molecule has 21 heavy (non-hydrogen) atoms. The van der Waals surface area contributed by atoms with E-state index in [0.717, 1.165) is 23.4 Å². The fourth-order valence-electron chi connectivity index (χ4n) is 1.92. The number of alkyl halides is 1. The summed E-state index contributed by atoms with van der Waals surface area (Å²) >= 11 is 3.35. The quantitative estimate of drug-likeness (QED) is 0.807. The second-order valence-electron chi connectivity index (χ2n) is 4.64. The van der Waals surface area contributed by atoms with Crippen LogP contribution in [-0.4, -0.2) is 11.2 Å². The summed E-state index contributed by atoms with van der Waals surface area (Å²) in [6.07, 6.45) is 0.870. The number of hydrogen-bond acceptors (Lipinski definition) is 1. The Morgan fingerprint density at radius 1 is 1.14 bits per heavy atom. The minimum absolute atomic E-state index is 0.231. The van der Waals surface area contributed by atoms with E-state index in [-0.39, 0.29) is 5.56 Å². The van der Waals surface area contributed by atoms with Crippen molar-refractivity contribution in [1.82, 2.24) is 0 Å². The summed E-state index contributed by atoms with van der Waals surface area (Å²) in [7, 11) is 0. The molecule has 0 unspecified atom stereocenters. The zero-order valence-electron chi connectivity index (χ0n) is 11.4. The molecule has 0 radical (unpaired) electrons. The number of rotatable bonds is 4. The molecule has 0 saturated carbocycles. The minimum atomic E-state index is -0.869. The summed E-state index contributed by atoms with van der Waals surface area (Å²) in [5, 5.41) is 3.35. The lowest BCUT2D eigenvalue weighted by atomic mass is 10.1. The lowest BCUT2D eigenvalue weighted by molar-refractivity contribution is 0.101. The maximum absolute atomic E-state index is 13.9. The zero-order valence-corrected chi connectivity index (χ0v) is 13.0. The number of hydrogen-bond donors (Lipinski definition) is 1. The van der Waals surface area contributed by atoms with Gasteiger partial charge < -0.3 is 5.32 Å². The Hall–Kier alpha value is -1.75. The van der Waals surface area contributed by atoms with Crippen LogP contribution in [0.25, 0.3) is 0 Å². The maximum Gasteiger partial charge on any atom is 0.261 e. The van der Waals surface area contributed by atoms with E-state index in [0.29, 0.717) is 5.69 Å². The topological polar surface area (TPSA) is 29.1 Å². The van der Waals surface area contributed by atoms with Crippen LogP contribution in [0.15, 0.2) is 36.4 Å². The van der Waals surface area contributed by atoms with Crippen molar-refractivity contribution in [2.45, 2.75) is 13.3 Å². The van der Waals surface area contributed by atoms with Crippen LogP contribution in [-0.2, 0) is 6.42 Å². The normalized spacial score (nSPS) is 10.5. The van der Waals surface area contributed by atoms with Crippen molar-refractivity contribution in [3.63, 3.8) is 0 Å². The van der Waals surface area contributed by atoms with Gasteiger partial charge in [-0.15, -0.1) is 0 Å². The van der Waals surface area contributed by atoms with E-state index >= 15 is 0 Å². The summed E-state index contributed by atoms with van der Waals surface area (Å²) in [5.74, 6) is -2.49. The smallest absolute Gasteiger partial charge is 0.261 e. The van der Waals surface area contributed by atoms with E-state index in [1.807, 2.05) is 12.1 Å². The van der Waals surface area contributed by atoms with E-state index in [1.165, 1.54) is 13.0 Å². The van der Waals surface area contributed by atoms with Crippen LogP contribution >= 0.6 is 15.9 Å². The molecule has 0 aromatic heterocycles. The summed E-state index contributed by atoms with van der Waals surface area (Å²) in [4.78, 5) is 12.0. The van der Waals surface area contributed by atoms with Gasteiger partial charge in [-0.1, -0.05) is 34.1 Å². The van der Waals surface area contributed by atoms with Crippen molar-refractivity contribution in [3.8, 4) is 0 Å². The molecule has 0 heterocycles. The first kappa shape index (κ1) is 15.6. The Kier molecular flexibility index (Phi) is 5.07. The van der Waals surface area contributed by atoms with E-state index in [9.17, 15) is 13.6 Å². The third-order valence-corrected chi connectivity index (χ3v) is 3.50. The second-order valence-corrected chi connectivity index (χ2v) is 5.44. The standard InChI is InChI=1S/C16H14BrF2NO/c1-10-2-7-13(18)14(15(10)19)16(21)20-12-5-3-11(4-6-12)8-9-17/h2-7H,8-9H2,1H3,(H,20,21). The van der Waals surface area contributed by atoms with Gasteiger partial charge in [0.05, 0.1) is 0 Å². The van der Waals surface area contributed by atoms with E-state index in [4.69, 9.17) is 0 Å². The van der Waals surface area contributed by atoms with E-state index in [1.54, 1.807) is 12.1 Å². The lowest BCUT2D eigenvalue weighted by Gasteiger charge is -2.09. The summed E-state index contributed by atoms with van der Waals surface area (Å²) in [5.41, 5.74) is 1.28. The molecule has 0 fully saturated rings. The van der Waals surface area contributed by atoms with Crippen LogP contribution < -0.4 is 5.32 Å². The van der Waals surface area contributed by atoms with E-state index < -0.39 is 23.1 Å². The van der Waals surface area contributed by atoms with Crippen molar-refractivity contribution in [1.29, 1.82) is 0 Å². The first-order chi connectivity index (χ1) is 10.0. The van der Waals surface area contributed by atoms with Crippen molar-refractivity contribution >= 4 is 27.5 Å². The highest BCUT2D eigenvalue weighted by atomic mass is 79.9. The van der Waals surface area contributed by atoms with Gasteiger partial charge in [0, 0.05) is 11.0 Å². The van der Waals surface area contributed by atoms with Crippen LogP contribution in [0.1, 0.15) is 21.5 Å². The van der Waals surface area contributed by atoms with Crippen LogP contribution in [0, 0.1) is 18.6 Å². The average molecular weight is 354 g/mol. The predicted molar refractivity (Wildman–Crippen MR) is 83.0 cm³/mol. The molecular formula is C16H14BrF2NO. The highest BCUT2D eigenvalue weighted by molar-refractivity contribution is 9.09. The molecule has 0 spiro atoms. The fourth-order valence-corrected chi connectivity index (χ4v) is 2.38. The average Bonchev–Trinajstić information content (AvgIpc) is 2.46. The van der Waals surface area contributed by atoms with Gasteiger partial charge in [0.15, 0.2) is 0 Å². The molecule has 110 valence electrons. The number of carbonyl (C=O) groups excluding carboxylic acids is 1. The largest absolute Gasteiger partial charge is 0.322 e. The van der Waals surface area contributed by atoms with Gasteiger partial charge in [0.2, 0.25) is 0 Å². The van der Waals surface area contributed by atoms with Gasteiger partial charge in [-0.3, -0.25) is 4.79 Å². The highest BCUT2D eigenvalue weighted by Crippen LogP contribution is 2.18. The number of halogens is 3. The molecule has 1 N–H and O–H groups in total. The maximum atomic E-state index is 13.9. The molecule has 0 aliphatic heterocycles. The van der Waals surface area contributed by atoms with Gasteiger partial charge in [0.25, 0.3) is 5.91 Å². The highest BCUT2D eigenvalue weighted by Gasteiger charge is 2.19. The molecule has 0 saturated heterocycles. The molecule has 0 aliphatic rings. The fraction of sp³-hybridized carbons (Fsp3) is 0.188. The second kappa shape index (κ2) is 6.80. The number of benzene rings is 2. The van der Waals surface area contributed by atoms with Gasteiger partial charge in [0.1, 0.15) is 17.2 Å². The Balaban J connectivity index is 2.20. The first-order valence-corrected chi connectivity index (χ1v) is 7.56. The SMILES string of the molecule is Cc1ccc(F)c(C(=O)Nc2ccc(CCBr)cc2)c1F. The number of aryl methyl sites for hydroxylation is 2. The molecule has 0 atom stereocenters. The lowest BCUT2D eigenvalue weighted by Crippen LogP contribution is -2.16. The minimum Gasteiger partial charge on any atom is -0.322 e. The van der Waals surface area contributed by atoms with Crippen molar-refractivity contribution in [2.24, 2.45) is 0 Å². The molecule has 0 bridgehead atoms. The van der Waals surface area contributed by atoms with Gasteiger partial charge in [-0.05, 0) is 42.7 Å². The van der Waals surface area contributed by atoms with Crippen molar-refractivity contribution < 1.29 is 13.6 Å². The van der Waals surface area contributed by atoms with E-state index in [2.05, 4.69) is 21.2 Å².